The summed E-state index contributed by atoms with van der Waals surface area (Å²) >= 11 is 0. The number of carbonyl (C=O) groups is 1. The van der Waals surface area contributed by atoms with Crippen molar-refractivity contribution in [2.75, 3.05) is 13.1 Å². The molecule has 1 saturated heterocycles. The Morgan fingerprint density at radius 3 is 3.08 bits per heavy atom. The minimum atomic E-state index is -0.00468. The molecule has 1 rings (SSSR count). The Labute approximate surface area is 73.2 Å². The lowest BCUT2D eigenvalue weighted by Crippen LogP contribution is -2.38. The Kier molecular flexibility index (Phi) is 2.93. The second kappa shape index (κ2) is 3.96. The van der Waals surface area contributed by atoms with Gasteiger partial charge in [-0.15, -0.1) is 12.3 Å². The largest absolute Gasteiger partial charge is 0.338 e. The van der Waals surface area contributed by atoms with Crippen LogP contribution in [0.3, 0.4) is 0 Å². The summed E-state index contributed by atoms with van der Waals surface area (Å²) in [6.45, 7) is 4.96. The van der Waals surface area contributed by atoms with E-state index in [1.54, 1.807) is 4.90 Å². The van der Waals surface area contributed by atoms with Gasteiger partial charge in [-0.25, -0.2) is 0 Å². The molecule has 0 aromatic heterocycles. The Morgan fingerprint density at radius 1 is 1.75 bits per heavy atom. The van der Waals surface area contributed by atoms with Crippen molar-refractivity contribution in [3.63, 3.8) is 0 Å². The molecular weight excluding hydrogens is 150 g/mol. The Morgan fingerprint density at radius 2 is 2.50 bits per heavy atom. The van der Waals surface area contributed by atoms with Crippen LogP contribution >= 0.6 is 0 Å². The lowest BCUT2D eigenvalue weighted by Gasteiger charge is -2.29. The van der Waals surface area contributed by atoms with E-state index in [1.165, 1.54) is 6.08 Å². The van der Waals surface area contributed by atoms with Crippen molar-refractivity contribution < 1.29 is 4.79 Å². The van der Waals surface area contributed by atoms with Crippen molar-refractivity contribution in [2.24, 2.45) is 5.92 Å². The lowest BCUT2D eigenvalue weighted by atomic mass is 9.99. The van der Waals surface area contributed by atoms with Crippen LogP contribution in [0.4, 0.5) is 0 Å². The maximum absolute atomic E-state index is 11.2. The molecule has 0 aromatic rings. The normalized spacial score (nSPS) is 22.9. The summed E-state index contributed by atoms with van der Waals surface area (Å²) in [4.78, 5) is 12.9. The van der Waals surface area contributed by atoms with Gasteiger partial charge < -0.3 is 4.90 Å². The molecule has 64 valence electrons. The molecule has 2 heteroatoms. The van der Waals surface area contributed by atoms with Crippen molar-refractivity contribution >= 4 is 5.91 Å². The van der Waals surface area contributed by atoms with Crippen LogP contribution in [0.15, 0.2) is 12.7 Å². The maximum atomic E-state index is 11.2. The Bertz CT molecular complexity index is 226. The Balaban J connectivity index is 2.52. The molecule has 0 aromatic carbocycles. The predicted molar refractivity (Wildman–Crippen MR) is 48.3 cm³/mol. The molecule has 1 aliphatic heterocycles. The topological polar surface area (TPSA) is 20.3 Å². The van der Waals surface area contributed by atoms with Gasteiger partial charge >= 0.3 is 0 Å². The summed E-state index contributed by atoms with van der Waals surface area (Å²) in [7, 11) is 0. The smallest absolute Gasteiger partial charge is 0.245 e. The van der Waals surface area contributed by atoms with Crippen LogP contribution in [-0.4, -0.2) is 23.9 Å². The van der Waals surface area contributed by atoms with Gasteiger partial charge in [-0.05, 0) is 18.9 Å². The predicted octanol–water partition coefficient (Wildman–Crippen LogP) is 1.04. The van der Waals surface area contributed by atoms with Gasteiger partial charge in [0.1, 0.15) is 0 Å². The minimum absolute atomic E-state index is 0.00468. The standard InChI is InChI=1S/C10H13NO/c1-3-9-6-5-7-11(8-9)10(12)4-2/h1,4,9H,2,5-8H2. The van der Waals surface area contributed by atoms with Crippen LogP contribution in [0, 0.1) is 18.3 Å². The van der Waals surface area contributed by atoms with Crippen molar-refractivity contribution in [3.05, 3.63) is 12.7 Å². The van der Waals surface area contributed by atoms with Crippen LogP contribution < -0.4 is 0 Å². The summed E-state index contributed by atoms with van der Waals surface area (Å²) in [5, 5.41) is 0. The zero-order valence-corrected chi connectivity index (χ0v) is 7.12. The van der Waals surface area contributed by atoms with Gasteiger partial charge in [-0.3, -0.25) is 4.79 Å². The fourth-order valence-electron chi connectivity index (χ4n) is 1.44. The number of amides is 1. The fraction of sp³-hybridized carbons (Fsp3) is 0.500. The van der Waals surface area contributed by atoms with E-state index in [1.807, 2.05) is 0 Å². The van der Waals surface area contributed by atoms with Crippen molar-refractivity contribution in [2.45, 2.75) is 12.8 Å². The highest BCUT2D eigenvalue weighted by molar-refractivity contribution is 5.87. The van der Waals surface area contributed by atoms with Crippen molar-refractivity contribution in [1.82, 2.24) is 4.90 Å². The van der Waals surface area contributed by atoms with Gasteiger partial charge in [0.05, 0.1) is 0 Å². The van der Waals surface area contributed by atoms with Crippen LogP contribution in [0.2, 0.25) is 0 Å². The highest BCUT2D eigenvalue weighted by atomic mass is 16.2. The van der Waals surface area contributed by atoms with Crippen LogP contribution in [-0.2, 0) is 4.79 Å². The second-order valence-corrected chi connectivity index (χ2v) is 2.99. The molecule has 1 unspecified atom stereocenters. The van der Waals surface area contributed by atoms with E-state index < -0.39 is 0 Å². The number of nitrogens with zero attached hydrogens (tertiary/aromatic N) is 1. The molecule has 0 saturated carbocycles. The van der Waals surface area contributed by atoms with Gasteiger partial charge in [-0.2, -0.15) is 0 Å². The molecule has 0 spiro atoms. The Hall–Kier alpha value is -1.23. The monoisotopic (exact) mass is 163 g/mol. The molecule has 1 atom stereocenters. The number of likely N-dealkylation sites (tertiary alicyclic amines) is 1. The maximum Gasteiger partial charge on any atom is 0.245 e. The minimum Gasteiger partial charge on any atom is -0.338 e. The first kappa shape index (κ1) is 8.86. The number of terminal acetylenes is 1. The third-order valence-corrected chi connectivity index (χ3v) is 2.14. The number of hydrogen-bond acceptors (Lipinski definition) is 1. The average Bonchev–Trinajstić information content (AvgIpc) is 2.17. The van der Waals surface area contributed by atoms with E-state index in [9.17, 15) is 4.79 Å². The van der Waals surface area contributed by atoms with Crippen molar-refractivity contribution in [1.29, 1.82) is 0 Å². The molecule has 0 radical (unpaired) electrons. The molecule has 1 heterocycles. The summed E-state index contributed by atoms with van der Waals surface area (Å²) in [5.41, 5.74) is 0. The summed E-state index contributed by atoms with van der Waals surface area (Å²) in [5.74, 6) is 2.92. The molecule has 0 bridgehead atoms. The molecule has 1 fully saturated rings. The van der Waals surface area contributed by atoms with E-state index >= 15 is 0 Å². The van der Waals surface area contributed by atoms with Gasteiger partial charge in [0.15, 0.2) is 0 Å². The first-order valence-electron chi connectivity index (χ1n) is 4.15. The number of piperidine rings is 1. The molecular formula is C10H13NO. The molecule has 0 aliphatic carbocycles. The first-order chi connectivity index (χ1) is 5.77. The molecule has 1 amide bonds. The summed E-state index contributed by atoms with van der Waals surface area (Å²) in [6.07, 6.45) is 8.69. The van der Waals surface area contributed by atoms with E-state index in [-0.39, 0.29) is 11.8 Å². The zero-order chi connectivity index (χ0) is 8.97. The third-order valence-electron chi connectivity index (χ3n) is 2.14. The number of rotatable bonds is 1. The quantitative estimate of drug-likeness (QED) is 0.418. The highest BCUT2D eigenvalue weighted by Gasteiger charge is 2.19. The fourth-order valence-corrected chi connectivity index (χ4v) is 1.44. The van der Waals surface area contributed by atoms with E-state index in [4.69, 9.17) is 6.42 Å². The zero-order valence-electron chi connectivity index (χ0n) is 7.12. The molecule has 0 N–H and O–H groups in total. The SMILES string of the molecule is C#CC1CCCN(C(=O)C=C)C1. The summed E-state index contributed by atoms with van der Waals surface area (Å²) in [6, 6.07) is 0. The van der Waals surface area contributed by atoms with Gasteiger partial charge in [0, 0.05) is 19.0 Å². The average molecular weight is 163 g/mol. The van der Waals surface area contributed by atoms with E-state index in [2.05, 4.69) is 12.5 Å². The number of hydrogen-bond donors (Lipinski definition) is 0. The van der Waals surface area contributed by atoms with Gasteiger partial charge in [-0.1, -0.05) is 6.58 Å². The molecule has 2 nitrogen and oxygen atoms in total. The van der Waals surface area contributed by atoms with Gasteiger partial charge in [0.2, 0.25) is 5.91 Å². The lowest BCUT2D eigenvalue weighted by molar-refractivity contribution is -0.127. The van der Waals surface area contributed by atoms with Gasteiger partial charge in [0.25, 0.3) is 0 Å². The van der Waals surface area contributed by atoms with E-state index in [0.717, 1.165) is 19.4 Å². The van der Waals surface area contributed by atoms with Crippen molar-refractivity contribution in [3.8, 4) is 12.3 Å². The first-order valence-corrected chi connectivity index (χ1v) is 4.15. The molecule has 1 aliphatic rings. The third kappa shape index (κ3) is 1.88. The second-order valence-electron chi connectivity index (χ2n) is 2.99. The van der Waals surface area contributed by atoms with Crippen LogP contribution in [0.1, 0.15) is 12.8 Å². The summed E-state index contributed by atoms with van der Waals surface area (Å²) < 4.78 is 0. The van der Waals surface area contributed by atoms with Crippen LogP contribution in [0.5, 0.6) is 0 Å². The number of carbonyl (C=O) groups excluding carboxylic acids is 1. The van der Waals surface area contributed by atoms with E-state index in [0.29, 0.717) is 6.54 Å². The highest BCUT2D eigenvalue weighted by Crippen LogP contribution is 2.15. The van der Waals surface area contributed by atoms with Crippen LogP contribution in [0.25, 0.3) is 0 Å². The molecule has 12 heavy (non-hydrogen) atoms.